The van der Waals surface area contributed by atoms with Crippen LogP contribution in [0.2, 0.25) is 0 Å². The fraction of sp³-hybridized carbons (Fsp3) is 0.625. The molecule has 0 aliphatic carbocycles. The number of rotatable bonds is 5. The van der Waals surface area contributed by atoms with Gasteiger partial charge < -0.3 is 9.47 Å². The van der Waals surface area contributed by atoms with Gasteiger partial charge in [0.25, 0.3) is 0 Å². The molecule has 2 aromatic rings. The number of nitrogens with zero attached hydrogens (tertiary/aromatic N) is 4. The van der Waals surface area contributed by atoms with E-state index >= 15 is 0 Å². The molecule has 0 aromatic carbocycles. The Balaban J connectivity index is 1.63. The van der Waals surface area contributed by atoms with E-state index in [9.17, 15) is 0 Å². The van der Waals surface area contributed by atoms with Crippen molar-refractivity contribution in [2.24, 2.45) is 0 Å². The topological polar surface area (TPSA) is 44.5 Å². The quantitative estimate of drug-likeness (QED) is 0.761. The molecule has 0 amide bonds. The largest absolute Gasteiger partial charge is 0.379 e. The van der Waals surface area contributed by atoms with Gasteiger partial charge in [-0.05, 0) is 36.5 Å². The Morgan fingerprint density at radius 3 is 2.88 bits per heavy atom. The summed E-state index contributed by atoms with van der Waals surface area (Å²) in [5.74, 6) is 0.957. The highest BCUT2D eigenvalue weighted by Gasteiger charge is 2.22. The molecule has 1 atom stereocenters. The molecule has 0 spiro atoms. The van der Waals surface area contributed by atoms with E-state index in [0.29, 0.717) is 0 Å². The van der Waals surface area contributed by atoms with Crippen molar-refractivity contribution >= 4 is 23.6 Å². The van der Waals surface area contributed by atoms with Crippen molar-refractivity contribution in [1.29, 1.82) is 0 Å². The van der Waals surface area contributed by atoms with Crippen LogP contribution < -0.4 is 0 Å². The standard InChI is InChI=1S/C16H22N4O2S2/c23-16-19(11-13-3-1-7-22-13)15(14-4-2-10-24-14)17-20(16)12-18-5-8-21-9-6-18/h2,4,10,13H,1,3,5-9,11-12H2/t13-/m0/s1. The van der Waals surface area contributed by atoms with Crippen LogP contribution in [0.1, 0.15) is 12.8 Å². The van der Waals surface area contributed by atoms with Crippen LogP contribution in [0.5, 0.6) is 0 Å². The second kappa shape index (κ2) is 7.45. The monoisotopic (exact) mass is 366 g/mol. The first-order valence-corrected chi connectivity index (χ1v) is 9.73. The van der Waals surface area contributed by atoms with Crippen LogP contribution in [0.4, 0.5) is 0 Å². The predicted octanol–water partition coefficient (Wildman–Crippen LogP) is 2.61. The van der Waals surface area contributed by atoms with E-state index < -0.39 is 0 Å². The van der Waals surface area contributed by atoms with Crippen LogP contribution in [0, 0.1) is 4.77 Å². The summed E-state index contributed by atoms with van der Waals surface area (Å²) >= 11 is 7.44. The molecule has 0 N–H and O–H groups in total. The van der Waals surface area contributed by atoms with E-state index in [2.05, 4.69) is 27.0 Å². The maximum absolute atomic E-state index is 5.82. The lowest BCUT2D eigenvalue weighted by Gasteiger charge is -2.26. The molecule has 2 aromatic heterocycles. The SMILES string of the molecule is S=c1n(CN2CCOCC2)nc(-c2cccs2)n1C[C@@H]1CCCO1. The van der Waals surface area contributed by atoms with E-state index in [1.54, 1.807) is 11.3 Å². The number of hydrogen-bond acceptors (Lipinski definition) is 6. The van der Waals surface area contributed by atoms with Gasteiger partial charge in [-0.25, -0.2) is 4.68 Å². The molecule has 6 nitrogen and oxygen atoms in total. The molecule has 8 heteroatoms. The summed E-state index contributed by atoms with van der Waals surface area (Å²) in [4.78, 5) is 3.49. The Labute approximate surface area is 150 Å². The molecule has 0 unspecified atom stereocenters. The molecule has 2 aliphatic heterocycles. The molecular formula is C16H22N4O2S2. The summed E-state index contributed by atoms with van der Waals surface area (Å²) in [6, 6.07) is 4.16. The summed E-state index contributed by atoms with van der Waals surface area (Å²) in [7, 11) is 0. The maximum atomic E-state index is 5.82. The zero-order valence-corrected chi connectivity index (χ0v) is 15.2. The molecular weight excluding hydrogens is 344 g/mol. The summed E-state index contributed by atoms with van der Waals surface area (Å²) < 4.78 is 16.1. The molecule has 0 radical (unpaired) electrons. The van der Waals surface area contributed by atoms with Crippen molar-refractivity contribution in [3.05, 3.63) is 22.3 Å². The Bertz CT molecular complexity index is 713. The van der Waals surface area contributed by atoms with Crippen molar-refractivity contribution in [2.75, 3.05) is 32.9 Å². The average Bonchev–Trinajstić information content (AvgIpc) is 3.34. The van der Waals surface area contributed by atoms with Gasteiger partial charge in [-0.1, -0.05) is 6.07 Å². The van der Waals surface area contributed by atoms with Gasteiger partial charge in [-0.15, -0.1) is 16.4 Å². The first-order chi connectivity index (χ1) is 11.8. The Kier molecular flexibility index (Phi) is 5.09. The normalized spacial score (nSPS) is 22.2. The first-order valence-electron chi connectivity index (χ1n) is 8.44. The van der Waals surface area contributed by atoms with Gasteiger partial charge in [0.05, 0.1) is 37.4 Å². The summed E-state index contributed by atoms with van der Waals surface area (Å²) in [6.07, 6.45) is 2.48. The third-order valence-electron chi connectivity index (χ3n) is 4.51. The van der Waals surface area contributed by atoms with Crippen LogP contribution in [0.3, 0.4) is 0 Å². The fourth-order valence-electron chi connectivity index (χ4n) is 3.21. The first kappa shape index (κ1) is 16.4. The van der Waals surface area contributed by atoms with Gasteiger partial charge in [-0.2, -0.15) is 0 Å². The number of thiophene rings is 1. The van der Waals surface area contributed by atoms with Crippen LogP contribution in [0.25, 0.3) is 10.7 Å². The van der Waals surface area contributed by atoms with E-state index in [-0.39, 0.29) is 6.10 Å². The zero-order chi connectivity index (χ0) is 16.4. The van der Waals surface area contributed by atoms with E-state index in [4.69, 9.17) is 26.8 Å². The van der Waals surface area contributed by atoms with E-state index in [1.807, 2.05) is 4.68 Å². The third kappa shape index (κ3) is 3.48. The summed E-state index contributed by atoms with van der Waals surface area (Å²) in [5.41, 5.74) is 0. The summed E-state index contributed by atoms with van der Waals surface area (Å²) in [5, 5.41) is 6.92. The highest BCUT2D eigenvalue weighted by Crippen LogP contribution is 2.25. The highest BCUT2D eigenvalue weighted by atomic mass is 32.1. The molecule has 2 aliphatic rings. The molecule has 24 heavy (non-hydrogen) atoms. The van der Waals surface area contributed by atoms with Gasteiger partial charge in [0.15, 0.2) is 10.6 Å². The van der Waals surface area contributed by atoms with Gasteiger partial charge in [0, 0.05) is 19.7 Å². The minimum absolute atomic E-state index is 0.247. The van der Waals surface area contributed by atoms with Crippen LogP contribution in [0.15, 0.2) is 17.5 Å². The lowest BCUT2D eigenvalue weighted by molar-refractivity contribution is 0.0209. The molecule has 2 fully saturated rings. The van der Waals surface area contributed by atoms with Crippen molar-refractivity contribution < 1.29 is 9.47 Å². The average molecular weight is 367 g/mol. The van der Waals surface area contributed by atoms with Crippen molar-refractivity contribution in [3.8, 4) is 10.7 Å². The Hall–Kier alpha value is -1.06. The van der Waals surface area contributed by atoms with Gasteiger partial charge in [0.2, 0.25) is 0 Å². The molecule has 2 saturated heterocycles. The summed E-state index contributed by atoms with van der Waals surface area (Å²) in [6.45, 7) is 5.77. The fourth-order valence-corrected chi connectivity index (χ4v) is 4.19. The smallest absolute Gasteiger partial charge is 0.199 e. The molecule has 130 valence electrons. The number of aromatic nitrogens is 3. The van der Waals surface area contributed by atoms with Crippen LogP contribution in [-0.4, -0.2) is 58.3 Å². The lowest BCUT2D eigenvalue weighted by Crippen LogP contribution is -2.37. The minimum atomic E-state index is 0.247. The Morgan fingerprint density at radius 2 is 2.17 bits per heavy atom. The number of morpholine rings is 1. The third-order valence-corrected chi connectivity index (χ3v) is 5.81. The van der Waals surface area contributed by atoms with Gasteiger partial charge >= 0.3 is 0 Å². The lowest BCUT2D eigenvalue weighted by atomic mass is 10.2. The van der Waals surface area contributed by atoms with Gasteiger partial charge in [0.1, 0.15) is 0 Å². The molecule has 0 bridgehead atoms. The van der Waals surface area contributed by atoms with E-state index in [1.165, 1.54) is 0 Å². The second-order valence-corrected chi connectivity index (χ2v) is 7.51. The molecule has 4 rings (SSSR count). The van der Waals surface area contributed by atoms with Crippen molar-refractivity contribution in [3.63, 3.8) is 0 Å². The minimum Gasteiger partial charge on any atom is -0.379 e. The number of hydrogen-bond donors (Lipinski definition) is 0. The van der Waals surface area contributed by atoms with Crippen molar-refractivity contribution in [1.82, 2.24) is 19.2 Å². The molecule has 0 saturated carbocycles. The van der Waals surface area contributed by atoms with Crippen LogP contribution >= 0.6 is 23.6 Å². The van der Waals surface area contributed by atoms with Crippen molar-refractivity contribution in [2.45, 2.75) is 32.2 Å². The maximum Gasteiger partial charge on any atom is 0.199 e. The predicted molar refractivity (Wildman–Crippen MR) is 95.7 cm³/mol. The van der Waals surface area contributed by atoms with Gasteiger partial charge in [-0.3, -0.25) is 9.47 Å². The zero-order valence-electron chi connectivity index (χ0n) is 13.6. The molecule has 4 heterocycles. The second-order valence-electron chi connectivity index (χ2n) is 6.20. The van der Waals surface area contributed by atoms with Crippen LogP contribution in [-0.2, 0) is 22.7 Å². The number of ether oxygens (including phenoxy) is 2. The highest BCUT2D eigenvalue weighted by molar-refractivity contribution is 7.71. The Morgan fingerprint density at radius 1 is 1.29 bits per heavy atom. The van der Waals surface area contributed by atoms with E-state index in [0.717, 1.165) is 74.4 Å².